The predicted octanol–water partition coefficient (Wildman–Crippen LogP) is -0.486. The van der Waals surface area contributed by atoms with Gasteiger partial charge in [0.15, 0.2) is 0 Å². The number of ether oxygens (including phenoxy) is 2. The fourth-order valence-corrected chi connectivity index (χ4v) is 1.53. The van der Waals surface area contributed by atoms with Gasteiger partial charge in [-0.1, -0.05) is 0 Å². The number of methoxy groups -OCH3 is 2. The van der Waals surface area contributed by atoms with Crippen LogP contribution >= 0.6 is 0 Å². The number of amides is 1. The van der Waals surface area contributed by atoms with Crippen LogP contribution < -0.4 is 10.6 Å². The van der Waals surface area contributed by atoms with Crippen molar-refractivity contribution in [3.05, 3.63) is 0 Å². The number of carbonyl (C=O) groups excluding carboxylic acids is 1. The third-order valence-electron chi connectivity index (χ3n) is 2.71. The molecular formula is C10H20N2O3. The highest BCUT2D eigenvalue weighted by atomic mass is 16.5. The van der Waals surface area contributed by atoms with E-state index in [2.05, 4.69) is 10.6 Å². The van der Waals surface area contributed by atoms with E-state index in [0.29, 0.717) is 6.54 Å². The summed E-state index contributed by atoms with van der Waals surface area (Å²) >= 11 is 0. The Hall–Kier alpha value is -0.650. The molecule has 0 aromatic rings. The van der Waals surface area contributed by atoms with Crippen LogP contribution in [0, 0.1) is 0 Å². The Kier molecular flexibility index (Phi) is 5.01. The third-order valence-corrected chi connectivity index (χ3v) is 2.71. The van der Waals surface area contributed by atoms with Crippen LogP contribution in [0.15, 0.2) is 0 Å². The topological polar surface area (TPSA) is 59.6 Å². The molecule has 1 saturated heterocycles. The summed E-state index contributed by atoms with van der Waals surface area (Å²) in [6, 6.07) is -0.126. The zero-order chi connectivity index (χ0) is 11.3. The van der Waals surface area contributed by atoms with E-state index < -0.39 is 0 Å². The summed E-state index contributed by atoms with van der Waals surface area (Å²) in [6.07, 6.45) is 0.943. The summed E-state index contributed by atoms with van der Waals surface area (Å²) in [5, 5.41) is 5.96. The first-order valence-corrected chi connectivity index (χ1v) is 5.24. The normalized spacial score (nSPS) is 27.7. The molecule has 2 N–H and O–H groups in total. The third kappa shape index (κ3) is 3.77. The van der Waals surface area contributed by atoms with Crippen LogP contribution in [0.1, 0.15) is 13.3 Å². The first-order chi connectivity index (χ1) is 7.17. The van der Waals surface area contributed by atoms with Crippen molar-refractivity contribution >= 4 is 5.91 Å². The van der Waals surface area contributed by atoms with Crippen LogP contribution in [-0.4, -0.2) is 51.5 Å². The SMILES string of the molecule is COC(C)CNC(=O)C1CC(OC)CN1. The summed E-state index contributed by atoms with van der Waals surface area (Å²) in [6.45, 7) is 3.21. The van der Waals surface area contributed by atoms with Gasteiger partial charge >= 0.3 is 0 Å². The number of rotatable bonds is 5. The van der Waals surface area contributed by atoms with Crippen LogP contribution in [-0.2, 0) is 14.3 Å². The van der Waals surface area contributed by atoms with Crippen LogP contribution in [0.2, 0.25) is 0 Å². The van der Waals surface area contributed by atoms with E-state index in [4.69, 9.17) is 9.47 Å². The Balaban J connectivity index is 2.23. The molecule has 1 fully saturated rings. The maximum absolute atomic E-state index is 11.6. The summed E-state index contributed by atoms with van der Waals surface area (Å²) in [7, 11) is 3.30. The minimum atomic E-state index is -0.126. The average molecular weight is 216 g/mol. The molecule has 1 heterocycles. The van der Waals surface area contributed by atoms with Crippen molar-refractivity contribution in [1.82, 2.24) is 10.6 Å². The zero-order valence-corrected chi connectivity index (χ0v) is 9.58. The molecule has 0 aromatic heterocycles. The van der Waals surface area contributed by atoms with E-state index in [1.54, 1.807) is 14.2 Å². The molecule has 1 rings (SSSR count). The van der Waals surface area contributed by atoms with Gasteiger partial charge < -0.3 is 20.1 Å². The van der Waals surface area contributed by atoms with Gasteiger partial charge in [-0.05, 0) is 13.3 Å². The quantitative estimate of drug-likeness (QED) is 0.651. The molecule has 5 heteroatoms. The van der Waals surface area contributed by atoms with Gasteiger partial charge in [-0.3, -0.25) is 4.79 Å². The van der Waals surface area contributed by atoms with Crippen molar-refractivity contribution < 1.29 is 14.3 Å². The molecule has 3 atom stereocenters. The molecule has 0 aliphatic carbocycles. The second-order valence-corrected chi connectivity index (χ2v) is 3.85. The molecular weight excluding hydrogens is 196 g/mol. The number of nitrogens with one attached hydrogen (secondary N) is 2. The number of carbonyl (C=O) groups is 1. The highest BCUT2D eigenvalue weighted by Crippen LogP contribution is 2.09. The van der Waals surface area contributed by atoms with Gasteiger partial charge in [-0.15, -0.1) is 0 Å². The summed E-state index contributed by atoms with van der Waals surface area (Å²) in [4.78, 5) is 11.6. The second kappa shape index (κ2) is 6.05. The maximum Gasteiger partial charge on any atom is 0.237 e. The van der Waals surface area contributed by atoms with E-state index in [1.807, 2.05) is 6.92 Å². The highest BCUT2D eigenvalue weighted by Gasteiger charge is 2.29. The van der Waals surface area contributed by atoms with Gasteiger partial charge in [-0.25, -0.2) is 0 Å². The van der Waals surface area contributed by atoms with E-state index in [0.717, 1.165) is 13.0 Å². The fraction of sp³-hybridized carbons (Fsp3) is 0.900. The van der Waals surface area contributed by atoms with Gasteiger partial charge in [0.1, 0.15) is 0 Å². The summed E-state index contributed by atoms with van der Waals surface area (Å²) in [5.74, 6) is 0.0263. The van der Waals surface area contributed by atoms with Crippen molar-refractivity contribution in [3.8, 4) is 0 Å². The maximum atomic E-state index is 11.6. The van der Waals surface area contributed by atoms with Crippen molar-refractivity contribution in [3.63, 3.8) is 0 Å². The van der Waals surface area contributed by atoms with Gasteiger partial charge in [0.2, 0.25) is 5.91 Å². The molecule has 1 aliphatic heterocycles. The molecule has 0 radical (unpaired) electrons. The largest absolute Gasteiger partial charge is 0.380 e. The minimum absolute atomic E-state index is 0.0263. The van der Waals surface area contributed by atoms with Gasteiger partial charge in [0.05, 0.1) is 18.2 Å². The molecule has 15 heavy (non-hydrogen) atoms. The van der Waals surface area contributed by atoms with E-state index in [1.165, 1.54) is 0 Å². The van der Waals surface area contributed by atoms with Crippen LogP contribution in [0.5, 0.6) is 0 Å². The van der Waals surface area contributed by atoms with Crippen molar-refractivity contribution in [2.75, 3.05) is 27.3 Å². The standard InChI is InChI=1S/C10H20N2O3/c1-7(14-2)5-12-10(13)9-4-8(15-3)6-11-9/h7-9,11H,4-6H2,1-3H3,(H,12,13). The van der Waals surface area contributed by atoms with Gasteiger partial charge in [-0.2, -0.15) is 0 Å². The first-order valence-electron chi connectivity index (χ1n) is 5.24. The minimum Gasteiger partial charge on any atom is -0.380 e. The lowest BCUT2D eigenvalue weighted by molar-refractivity contribution is -0.123. The lowest BCUT2D eigenvalue weighted by atomic mass is 10.2. The smallest absolute Gasteiger partial charge is 0.237 e. The Labute approximate surface area is 90.5 Å². The molecule has 0 spiro atoms. The van der Waals surface area contributed by atoms with E-state index in [9.17, 15) is 4.79 Å². The van der Waals surface area contributed by atoms with Crippen LogP contribution in [0.25, 0.3) is 0 Å². The Morgan fingerprint density at radius 3 is 2.87 bits per heavy atom. The molecule has 1 aliphatic rings. The van der Waals surface area contributed by atoms with Crippen molar-refractivity contribution in [2.24, 2.45) is 0 Å². The van der Waals surface area contributed by atoms with E-state index >= 15 is 0 Å². The Morgan fingerprint density at radius 1 is 1.60 bits per heavy atom. The van der Waals surface area contributed by atoms with Crippen molar-refractivity contribution in [2.45, 2.75) is 31.6 Å². The van der Waals surface area contributed by atoms with Crippen LogP contribution in [0.4, 0.5) is 0 Å². The van der Waals surface area contributed by atoms with Gasteiger partial charge in [0, 0.05) is 27.3 Å². The highest BCUT2D eigenvalue weighted by molar-refractivity contribution is 5.82. The summed E-state index contributed by atoms with van der Waals surface area (Å²) in [5.41, 5.74) is 0. The Bertz CT molecular complexity index is 211. The first kappa shape index (κ1) is 12.4. The molecule has 88 valence electrons. The molecule has 5 nitrogen and oxygen atoms in total. The molecule has 0 saturated carbocycles. The Morgan fingerprint density at radius 2 is 2.33 bits per heavy atom. The molecule has 0 aromatic carbocycles. The lowest BCUT2D eigenvalue weighted by Crippen LogP contribution is -2.43. The molecule has 0 bridgehead atoms. The predicted molar refractivity (Wildman–Crippen MR) is 56.7 cm³/mol. The summed E-state index contributed by atoms with van der Waals surface area (Å²) < 4.78 is 10.2. The van der Waals surface area contributed by atoms with Crippen LogP contribution in [0.3, 0.4) is 0 Å². The van der Waals surface area contributed by atoms with E-state index in [-0.39, 0.29) is 24.2 Å². The van der Waals surface area contributed by atoms with Crippen molar-refractivity contribution in [1.29, 1.82) is 0 Å². The van der Waals surface area contributed by atoms with Gasteiger partial charge in [0.25, 0.3) is 0 Å². The fourth-order valence-electron chi connectivity index (χ4n) is 1.53. The number of hydrogen-bond donors (Lipinski definition) is 2. The number of hydrogen-bond acceptors (Lipinski definition) is 4. The molecule has 3 unspecified atom stereocenters. The second-order valence-electron chi connectivity index (χ2n) is 3.85. The zero-order valence-electron chi connectivity index (χ0n) is 9.58. The average Bonchev–Trinajstić information content (AvgIpc) is 2.73. The monoisotopic (exact) mass is 216 g/mol. The molecule has 1 amide bonds. The lowest BCUT2D eigenvalue weighted by Gasteiger charge is -2.14.